The first-order valence-electron chi connectivity index (χ1n) is 8.98. The SMILES string of the molecule is O=C1C[C@H](c2cccc([N+](=O)[O-])c2)C2=C(C[C@H](c3ccc(F)cc3)CC2=O)N1. The molecule has 1 N–H and O–H groups in total. The first-order valence-corrected chi connectivity index (χ1v) is 8.98. The molecule has 2 aromatic carbocycles. The fourth-order valence-corrected chi connectivity index (χ4v) is 4.07. The molecule has 0 aromatic heterocycles. The van der Waals surface area contributed by atoms with Crippen molar-refractivity contribution in [3.63, 3.8) is 0 Å². The van der Waals surface area contributed by atoms with Crippen LogP contribution in [0.4, 0.5) is 10.1 Å². The first-order chi connectivity index (χ1) is 13.4. The molecule has 1 amide bonds. The maximum Gasteiger partial charge on any atom is 0.269 e. The van der Waals surface area contributed by atoms with Gasteiger partial charge in [-0.15, -0.1) is 0 Å². The standard InChI is InChI=1S/C21H17FN2O4/c22-15-6-4-12(5-7-15)14-9-18-21(19(25)10-14)17(11-20(26)23-18)13-2-1-3-16(8-13)24(27)28/h1-8,14,17H,9-11H2,(H,23,26)/t14-,17+/m0/s1. The maximum absolute atomic E-state index is 13.2. The molecule has 6 nitrogen and oxygen atoms in total. The molecule has 7 heteroatoms. The molecule has 0 fully saturated rings. The minimum atomic E-state index is -0.495. The summed E-state index contributed by atoms with van der Waals surface area (Å²) in [4.78, 5) is 35.8. The molecule has 0 bridgehead atoms. The summed E-state index contributed by atoms with van der Waals surface area (Å²) in [5.41, 5.74) is 2.45. The van der Waals surface area contributed by atoms with Gasteiger partial charge in [-0.25, -0.2) is 4.39 Å². The minimum Gasteiger partial charge on any atom is -0.329 e. The lowest BCUT2D eigenvalue weighted by Gasteiger charge is -2.34. The lowest BCUT2D eigenvalue weighted by Crippen LogP contribution is -2.38. The molecule has 4 rings (SSSR count). The van der Waals surface area contributed by atoms with E-state index in [-0.39, 0.29) is 42.0 Å². The molecule has 1 aliphatic carbocycles. The van der Waals surface area contributed by atoms with Crippen molar-refractivity contribution in [2.45, 2.75) is 31.1 Å². The second kappa shape index (κ2) is 6.99. The second-order valence-corrected chi connectivity index (χ2v) is 7.13. The van der Waals surface area contributed by atoms with E-state index in [1.807, 2.05) is 0 Å². The molecular formula is C21H17FN2O4. The summed E-state index contributed by atoms with van der Waals surface area (Å²) in [6, 6.07) is 12.1. The second-order valence-electron chi connectivity index (χ2n) is 7.13. The van der Waals surface area contributed by atoms with E-state index in [0.717, 1.165) is 5.56 Å². The fraction of sp³-hybridized carbons (Fsp3) is 0.238. The predicted octanol–water partition coefficient (Wildman–Crippen LogP) is 3.74. The van der Waals surface area contributed by atoms with E-state index in [0.29, 0.717) is 23.3 Å². The van der Waals surface area contributed by atoms with E-state index in [2.05, 4.69) is 5.32 Å². The van der Waals surface area contributed by atoms with Crippen LogP contribution in [0, 0.1) is 15.9 Å². The zero-order valence-electron chi connectivity index (χ0n) is 14.9. The zero-order chi connectivity index (χ0) is 19.8. The number of amides is 1. The van der Waals surface area contributed by atoms with Crippen LogP contribution in [0.2, 0.25) is 0 Å². The summed E-state index contributed by atoms with van der Waals surface area (Å²) in [5.74, 6) is -1.29. The number of carbonyl (C=O) groups excluding carboxylic acids is 2. The van der Waals surface area contributed by atoms with Crippen molar-refractivity contribution >= 4 is 17.4 Å². The van der Waals surface area contributed by atoms with Crippen LogP contribution in [0.15, 0.2) is 59.8 Å². The van der Waals surface area contributed by atoms with Crippen molar-refractivity contribution in [3.8, 4) is 0 Å². The molecule has 2 atom stereocenters. The van der Waals surface area contributed by atoms with E-state index in [4.69, 9.17) is 0 Å². The third-order valence-electron chi connectivity index (χ3n) is 5.36. The first kappa shape index (κ1) is 18.0. The van der Waals surface area contributed by atoms with Crippen LogP contribution in [0.1, 0.15) is 42.2 Å². The molecule has 2 aromatic rings. The highest BCUT2D eigenvalue weighted by molar-refractivity contribution is 6.02. The fourth-order valence-electron chi connectivity index (χ4n) is 4.07. The van der Waals surface area contributed by atoms with E-state index in [1.165, 1.54) is 24.3 Å². The van der Waals surface area contributed by atoms with Crippen molar-refractivity contribution in [3.05, 3.63) is 86.9 Å². The highest BCUT2D eigenvalue weighted by atomic mass is 19.1. The van der Waals surface area contributed by atoms with E-state index >= 15 is 0 Å². The van der Waals surface area contributed by atoms with Crippen LogP contribution in [0.25, 0.3) is 0 Å². The molecule has 142 valence electrons. The number of nitro groups is 1. The number of benzene rings is 2. The van der Waals surface area contributed by atoms with Crippen LogP contribution in [0.5, 0.6) is 0 Å². The Balaban J connectivity index is 1.71. The number of allylic oxidation sites excluding steroid dienone is 2. The number of non-ortho nitro benzene ring substituents is 1. The summed E-state index contributed by atoms with van der Waals surface area (Å²) >= 11 is 0. The number of carbonyl (C=O) groups is 2. The van der Waals surface area contributed by atoms with Gasteiger partial charge >= 0.3 is 0 Å². The largest absolute Gasteiger partial charge is 0.329 e. The number of hydrogen-bond acceptors (Lipinski definition) is 4. The van der Waals surface area contributed by atoms with Crippen LogP contribution in [0.3, 0.4) is 0 Å². The van der Waals surface area contributed by atoms with Gasteiger partial charge in [0.1, 0.15) is 5.82 Å². The van der Waals surface area contributed by atoms with Gasteiger partial charge < -0.3 is 5.32 Å². The molecule has 28 heavy (non-hydrogen) atoms. The zero-order valence-corrected chi connectivity index (χ0v) is 14.9. The third kappa shape index (κ3) is 3.31. The van der Waals surface area contributed by atoms with Gasteiger partial charge in [0, 0.05) is 42.2 Å². The lowest BCUT2D eigenvalue weighted by atomic mass is 9.73. The Kier molecular flexibility index (Phi) is 4.50. The number of halogens is 1. The summed E-state index contributed by atoms with van der Waals surface area (Å²) < 4.78 is 13.2. The Bertz CT molecular complexity index is 1010. The van der Waals surface area contributed by atoms with Gasteiger partial charge in [0.15, 0.2) is 5.78 Å². The molecule has 1 heterocycles. The van der Waals surface area contributed by atoms with Crippen LogP contribution >= 0.6 is 0 Å². The topological polar surface area (TPSA) is 89.3 Å². The van der Waals surface area contributed by atoms with Crippen molar-refractivity contribution in [1.29, 1.82) is 0 Å². The molecule has 0 radical (unpaired) electrons. The van der Waals surface area contributed by atoms with Crippen LogP contribution in [-0.2, 0) is 9.59 Å². The maximum atomic E-state index is 13.2. The van der Waals surface area contributed by atoms with E-state index in [9.17, 15) is 24.1 Å². The number of rotatable bonds is 3. The van der Waals surface area contributed by atoms with Gasteiger partial charge in [-0.05, 0) is 35.6 Å². The van der Waals surface area contributed by atoms with Crippen molar-refractivity contribution < 1.29 is 18.9 Å². The van der Waals surface area contributed by atoms with Crippen molar-refractivity contribution in [2.75, 3.05) is 0 Å². The van der Waals surface area contributed by atoms with Crippen molar-refractivity contribution in [1.82, 2.24) is 5.32 Å². The summed E-state index contributed by atoms with van der Waals surface area (Å²) in [5, 5.41) is 13.9. The number of nitrogens with one attached hydrogen (secondary N) is 1. The number of nitro benzene ring substituents is 1. The highest BCUT2D eigenvalue weighted by Crippen LogP contribution is 2.42. The van der Waals surface area contributed by atoms with Crippen LogP contribution < -0.4 is 5.32 Å². The number of hydrogen-bond donors (Lipinski definition) is 1. The van der Waals surface area contributed by atoms with E-state index in [1.54, 1.807) is 24.3 Å². The molecule has 1 aliphatic heterocycles. The lowest BCUT2D eigenvalue weighted by molar-refractivity contribution is -0.384. The Morgan fingerprint density at radius 1 is 1.00 bits per heavy atom. The Morgan fingerprint density at radius 3 is 2.46 bits per heavy atom. The smallest absolute Gasteiger partial charge is 0.269 e. The highest BCUT2D eigenvalue weighted by Gasteiger charge is 2.38. The molecule has 0 saturated carbocycles. The summed E-state index contributed by atoms with van der Waals surface area (Å²) in [6.45, 7) is 0. The Labute approximate surface area is 160 Å². The number of nitrogens with zero attached hydrogens (tertiary/aromatic N) is 1. The molecule has 2 aliphatic rings. The van der Waals surface area contributed by atoms with Crippen LogP contribution in [-0.4, -0.2) is 16.6 Å². The predicted molar refractivity (Wildman–Crippen MR) is 99.0 cm³/mol. The van der Waals surface area contributed by atoms with Gasteiger partial charge in [0.05, 0.1) is 4.92 Å². The molecule has 0 spiro atoms. The quantitative estimate of drug-likeness (QED) is 0.649. The normalized spacial score (nSPS) is 21.9. The van der Waals surface area contributed by atoms with Crippen molar-refractivity contribution in [2.24, 2.45) is 0 Å². The number of Topliss-reactive ketones (excluding diaryl/α,β-unsaturated/α-hetero) is 1. The Hall–Kier alpha value is -3.35. The van der Waals surface area contributed by atoms with Gasteiger partial charge in [-0.2, -0.15) is 0 Å². The Morgan fingerprint density at radius 2 is 1.75 bits per heavy atom. The summed E-state index contributed by atoms with van der Waals surface area (Å²) in [6.07, 6.45) is 0.794. The average Bonchev–Trinajstić information content (AvgIpc) is 2.67. The van der Waals surface area contributed by atoms with E-state index < -0.39 is 10.8 Å². The third-order valence-corrected chi connectivity index (χ3v) is 5.36. The van der Waals surface area contributed by atoms with Gasteiger partial charge in [0.2, 0.25) is 5.91 Å². The number of ketones is 1. The molecule has 0 saturated heterocycles. The molecular weight excluding hydrogens is 363 g/mol. The average molecular weight is 380 g/mol. The van der Waals surface area contributed by atoms with Gasteiger partial charge in [-0.1, -0.05) is 24.3 Å². The van der Waals surface area contributed by atoms with Gasteiger partial charge in [0.25, 0.3) is 5.69 Å². The summed E-state index contributed by atoms with van der Waals surface area (Å²) in [7, 11) is 0. The monoisotopic (exact) mass is 380 g/mol. The minimum absolute atomic E-state index is 0.0712. The molecule has 0 unspecified atom stereocenters. The van der Waals surface area contributed by atoms with Gasteiger partial charge in [-0.3, -0.25) is 19.7 Å².